The molecule has 150 valence electrons. The molecule has 1 aliphatic carbocycles. The molecule has 0 aliphatic heterocycles. The third-order valence-corrected chi connectivity index (χ3v) is 5.69. The van der Waals surface area contributed by atoms with Crippen LogP contribution in [-0.2, 0) is 0 Å². The number of aliphatic hydroxyl groups excluding tert-OH is 1. The summed E-state index contributed by atoms with van der Waals surface area (Å²) in [6.07, 6.45) is 3.18. The lowest BCUT2D eigenvalue weighted by Gasteiger charge is -2.20. The lowest BCUT2D eigenvalue weighted by molar-refractivity contribution is 0.0944. The largest absolute Gasteiger partial charge is 0.395 e. The molecule has 0 bridgehead atoms. The molecule has 2 aromatic rings. The van der Waals surface area contributed by atoms with Crippen LogP contribution in [0, 0.1) is 5.82 Å². The summed E-state index contributed by atoms with van der Waals surface area (Å²) in [4.78, 5) is 11.9. The highest BCUT2D eigenvalue weighted by Crippen LogP contribution is 2.35. The van der Waals surface area contributed by atoms with E-state index in [1.165, 1.54) is 11.6 Å². The van der Waals surface area contributed by atoms with Gasteiger partial charge in [0.15, 0.2) is 0 Å². The Balaban J connectivity index is 1.56. The van der Waals surface area contributed by atoms with Gasteiger partial charge in [0.05, 0.1) is 11.6 Å². The molecule has 3 atom stereocenters. The maximum absolute atomic E-state index is 13.4. The fraction of sp³-hybridized carbons (Fsp3) is 0.409. The molecule has 3 N–H and O–H groups in total. The van der Waals surface area contributed by atoms with Gasteiger partial charge in [0, 0.05) is 24.2 Å². The van der Waals surface area contributed by atoms with Gasteiger partial charge < -0.3 is 15.7 Å². The normalized spacial score (nSPS) is 20.1. The predicted octanol–water partition coefficient (Wildman–Crippen LogP) is 4.19. The molecule has 1 amide bonds. The fourth-order valence-corrected chi connectivity index (χ4v) is 4.03. The second-order valence-corrected chi connectivity index (χ2v) is 7.78. The Morgan fingerprint density at radius 1 is 1.25 bits per heavy atom. The van der Waals surface area contributed by atoms with Crippen molar-refractivity contribution in [2.45, 2.75) is 44.2 Å². The molecule has 0 saturated heterocycles. The predicted molar refractivity (Wildman–Crippen MR) is 109 cm³/mol. The molecule has 6 heteroatoms. The minimum absolute atomic E-state index is 0.0666. The number of amides is 1. The molecule has 3 rings (SSSR count). The Kier molecular flexibility index (Phi) is 7.05. The highest BCUT2D eigenvalue weighted by Gasteiger charge is 2.27. The van der Waals surface area contributed by atoms with Crippen molar-refractivity contribution in [2.75, 3.05) is 13.2 Å². The summed E-state index contributed by atoms with van der Waals surface area (Å²) in [5.74, 6) is -0.110. The summed E-state index contributed by atoms with van der Waals surface area (Å²) in [6, 6.07) is 13.1. The van der Waals surface area contributed by atoms with Gasteiger partial charge in [-0.25, -0.2) is 4.39 Å². The molecule has 2 aromatic carbocycles. The highest BCUT2D eigenvalue weighted by molar-refractivity contribution is 6.30. The Labute approximate surface area is 170 Å². The number of hydrogen-bond acceptors (Lipinski definition) is 3. The Morgan fingerprint density at radius 3 is 2.68 bits per heavy atom. The van der Waals surface area contributed by atoms with Gasteiger partial charge in [-0.2, -0.15) is 0 Å². The van der Waals surface area contributed by atoms with Crippen LogP contribution in [0.3, 0.4) is 0 Å². The zero-order valence-corrected chi connectivity index (χ0v) is 16.7. The summed E-state index contributed by atoms with van der Waals surface area (Å²) in [7, 11) is 0. The monoisotopic (exact) mass is 404 g/mol. The first kappa shape index (κ1) is 20.8. The smallest absolute Gasteiger partial charge is 0.251 e. The van der Waals surface area contributed by atoms with Crippen molar-refractivity contribution in [3.05, 3.63) is 70.0 Å². The van der Waals surface area contributed by atoms with E-state index in [0.717, 1.165) is 24.8 Å². The number of rotatable bonds is 7. The third-order valence-electron chi connectivity index (χ3n) is 5.40. The quantitative estimate of drug-likeness (QED) is 0.648. The number of carbonyl (C=O) groups is 1. The number of hydrogen-bond donors (Lipinski definition) is 3. The van der Waals surface area contributed by atoms with Crippen molar-refractivity contribution in [3.8, 4) is 0 Å². The number of aliphatic hydroxyl groups is 1. The topological polar surface area (TPSA) is 61.4 Å². The van der Waals surface area contributed by atoms with Gasteiger partial charge in [-0.1, -0.05) is 29.8 Å². The van der Waals surface area contributed by atoms with E-state index >= 15 is 0 Å². The van der Waals surface area contributed by atoms with Gasteiger partial charge in [0.2, 0.25) is 0 Å². The SMILES string of the molecule is C[C@@H](NC1CC[C@H](c2ccc(C(=O)NCCO)cc2)C1)c1ccc(F)c(Cl)c1. The van der Waals surface area contributed by atoms with E-state index in [1.54, 1.807) is 12.1 Å². The first-order valence-electron chi connectivity index (χ1n) is 9.68. The van der Waals surface area contributed by atoms with E-state index in [2.05, 4.69) is 17.6 Å². The average Bonchev–Trinajstić information content (AvgIpc) is 3.16. The van der Waals surface area contributed by atoms with Crippen LogP contribution in [0.4, 0.5) is 4.39 Å². The van der Waals surface area contributed by atoms with Gasteiger partial charge in [-0.3, -0.25) is 4.79 Å². The summed E-state index contributed by atoms with van der Waals surface area (Å²) in [6.45, 7) is 2.26. The van der Waals surface area contributed by atoms with E-state index in [9.17, 15) is 9.18 Å². The lowest BCUT2D eigenvalue weighted by atomic mass is 9.96. The second kappa shape index (κ2) is 9.50. The van der Waals surface area contributed by atoms with Crippen LogP contribution in [0.25, 0.3) is 0 Å². The zero-order valence-electron chi connectivity index (χ0n) is 15.9. The number of halogens is 2. The van der Waals surface area contributed by atoms with Crippen molar-refractivity contribution in [1.29, 1.82) is 0 Å². The summed E-state index contributed by atoms with van der Waals surface area (Å²) in [5.41, 5.74) is 2.82. The molecule has 1 aliphatic rings. The molecule has 0 heterocycles. The highest BCUT2D eigenvalue weighted by atomic mass is 35.5. The molecule has 1 unspecified atom stereocenters. The van der Waals surface area contributed by atoms with Crippen LogP contribution < -0.4 is 10.6 Å². The molecule has 0 aromatic heterocycles. The maximum Gasteiger partial charge on any atom is 0.251 e. The van der Waals surface area contributed by atoms with Crippen molar-refractivity contribution < 1.29 is 14.3 Å². The van der Waals surface area contributed by atoms with Gasteiger partial charge >= 0.3 is 0 Å². The van der Waals surface area contributed by atoms with Crippen LogP contribution in [-0.4, -0.2) is 30.2 Å². The zero-order chi connectivity index (χ0) is 20.1. The summed E-state index contributed by atoms with van der Waals surface area (Å²) >= 11 is 5.90. The van der Waals surface area contributed by atoms with Gasteiger partial charge in [0.25, 0.3) is 5.91 Å². The Hall–Kier alpha value is -1.95. The van der Waals surface area contributed by atoms with Gasteiger partial charge in [0.1, 0.15) is 5.82 Å². The van der Waals surface area contributed by atoms with E-state index in [-0.39, 0.29) is 30.1 Å². The minimum Gasteiger partial charge on any atom is -0.395 e. The first-order valence-corrected chi connectivity index (χ1v) is 10.1. The molecular weight excluding hydrogens is 379 g/mol. The van der Waals surface area contributed by atoms with Crippen molar-refractivity contribution in [3.63, 3.8) is 0 Å². The van der Waals surface area contributed by atoms with E-state index in [4.69, 9.17) is 16.7 Å². The van der Waals surface area contributed by atoms with Crippen LogP contribution in [0.1, 0.15) is 59.6 Å². The standard InChI is InChI=1S/C22H26ClFN2O2/c1-14(17-7-9-21(24)20(23)13-17)26-19-8-6-18(12-19)15-2-4-16(5-3-15)22(28)25-10-11-27/h2-5,7,9,13-14,18-19,26-27H,6,8,10-12H2,1H3,(H,25,28)/t14-,18+,19?/m1/s1. The Morgan fingerprint density at radius 2 is 2.00 bits per heavy atom. The van der Waals surface area contributed by atoms with Gasteiger partial charge in [-0.15, -0.1) is 0 Å². The number of carbonyl (C=O) groups excluding carboxylic acids is 1. The second-order valence-electron chi connectivity index (χ2n) is 7.37. The average molecular weight is 405 g/mol. The molecular formula is C22H26ClFN2O2. The maximum atomic E-state index is 13.4. The fourth-order valence-electron chi connectivity index (χ4n) is 3.85. The minimum atomic E-state index is -0.396. The van der Waals surface area contributed by atoms with Crippen molar-refractivity contribution >= 4 is 17.5 Å². The van der Waals surface area contributed by atoms with Crippen LogP contribution in [0.5, 0.6) is 0 Å². The van der Waals surface area contributed by atoms with E-state index in [0.29, 0.717) is 17.5 Å². The lowest BCUT2D eigenvalue weighted by Crippen LogP contribution is -2.29. The van der Waals surface area contributed by atoms with Crippen molar-refractivity contribution in [2.24, 2.45) is 0 Å². The van der Waals surface area contributed by atoms with Crippen LogP contribution in [0.2, 0.25) is 5.02 Å². The third kappa shape index (κ3) is 5.10. The van der Waals surface area contributed by atoms with E-state index in [1.807, 2.05) is 24.3 Å². The van der Waals surface area contributed by atoms with Gasteiger partial charge in [-0.05, 0) is 67.5 Å². The molecule has 1 saturated carbocycles. The number of nitrogens with one attached hydrogen (secondary N) is 2. The van der Waals surface area contributed by atoms with Crippen LogP contribution >= 0.6 is 11.6 Å². The summed E-state index contributed by atoms with van der Waals surface area (Å²) < 4.78 is 13.4. The first-order chi connectivity index (χ1) is 13.5. The molecule has 0 radical (unpaired) electrons. The molecule has 0 spiro atoms. The number of benzene rings is 2. The Bertz CT molecular complexity index is 813. The summed E-state index contributed by atoms with van der Waals surface area (Å²) in [5, 5.41) is 15.2. The molecule has 28 heavy (non-hydrogen) atoms. The molecule has 1 fully saturated rings. The molecule has 4 nitrogen and oxygen atoms in total. The van der Waals surface area contributed by atoms with Crippen molar-refractivity contribution in [1.82, 2.24) is 10.6 Å². The van der Waals surface area contributed by atoms with E-state index < -0.39 is 5.82 Å². The van der Waals surface area contributed by atoms with Crippen LogP contribution in [0.15, 0.2) is 42.5 Å².